The third kappa shape index (κ3) is 50.3. The molecular weight excluding hydrogens is 1060 g/mol. The molecule has 0 saturated carbocycles. The van der Waals surface area contributed by atoms with Crippen LogP contribution in [0.4, 0.5) is 0 Å². The molecular formula is C35H64O14S13. The van der Waals surface area contributed by atoms with E-state index in [1.54, 1.807) is 0 Å². The van der Waals surface area contributed by atoms with Crippen molar-refractivity contribution in [2.45, 2.75) is 31.4 Å². The van der Waals surface area contributed by atoms with Crippen molar-refractivity contribution in [3.8, 4) is 0 Å². The molecule has 0 spiro atoms. The van der Waals surface area contributed by atoms with Crippen LogP contribution in [0.1, 0.15) is 26.2 Å². The van der Waals surface area contributed by atoms with Gasteiger partial charge in [-0.2, -0.15) is 162 Å². The van der Waals surface area contributed by atoms with Gasteiger partial charge in [0.2, 0.25) is 0 Å². The number of thioether (sulfide) groups is 3. The van der Waals surface area contributed by atoms with Gasteiger partial charge in [-0.1, -0.05) is 6.92 Å². The number of esters is 7. The SMILES string of the molecule is CCC(COC(=O)CS)(COC(=O)CS)COC(=O)CS.O=C(CCS)OCCOC(=O)CCS.O=C(CS)OCCOC(=O)CS.SCCSCC(CSCCS)SCCS. The second-order valence-electron chi connectivity index (χ2n) is 11.3. The standard InChI is InChI=1S/C12H20O6S3.C9H20S6.C8H14O4S2.C6H10O4S2/c1-2-12(6-16-9(13)3-19,7-17-10(14)4-20)8-18-11(15)5-21;10-1-4-13-7-9(15-6-3-12)8-14-5-2-11;9-7(1-5-13)11-3-4-12-8(10)2-6-14;7-5(3-11)9-1-2-10-6(8)4-12/h19-21H,2-8H2,1H3;9-12H,1-8H2;13-14H,1-6H2;11-12H,1-4H2. The van der Waals surface area contributed by atoms with Gasteiger partial charge in [-0.3, -0.25) is 33.6 Å². The first-order valence-corrected chi connectivity index (χ1v) is 28.3. The molecule has 0 amide bonds. The van der Waals surface area contributed by atoms with Crippen LogP contribution in [0.3, 0.4) is 0 Å². The van der Waals surface area contributed by atoms with E-state index in [0.29, 0.717) is 17.9 Å². The minimum Gasteiger partial charge on any atom is -0.464 e. The summed E-state index contributed by atoms with van der Waals surface area (Å²) in [5, 5.41) is 0.770. The second kappa shape index (κ2) is 52.8. The van der Waals surface area contributed by atoms with E-state index < -0.39 is 35.3 Å². The Morgan fingerprint density at radius 1 is 0.419 bits per heavy atom. The van der Waals surface area contributed by atoms with Gasteiger partial charge in [0.1, 0.15) is 46.2 Å². The number of rotatable bonds is 33. The molecule has 0 N–H and O–H groups in total. The van der Waals surface area contributed by atoms with Crippen molar-refractivity contribution in [2.75, 3.05) is 133 Å². The molecule has 0 rings (SSSR count). The van der Waals surface area contributed by atoms with Crippen molar-refractivity contribution in [2.24, 2.45) is 5.41 Å². The van der Waals surface area contributed by atoms with Gasteiger partial charge < -0.3 is 33.2 Å². The summed E-state index contributed by atoms with van der Waals surface area (Å²) in [7, 11) is 0. The Bertz CT molecular complexity index is 1070. The average molecular weight is 1130 g/mol. The highest BCUT2D eigenvalue weighted by Crippen LogP contribution is 2.25. The van der Waals surface area contributed by atoms with Crippen LogP contribution < -0.4 is 0 Å². The number of carbonyl (C=O) groups excluding carboxylic acids is 7. The molecule has 366 valence electrons. The number of ether oxygens (including phenoxy) is 7. The topological polar surface area (TPSA) is 184 Å². The van der Waals surface area contributed by atoms with Crippen molar-refractivity contribution in [3.05, 3.63) is 0 Å². The quantitative estimate of drug-likeness (QED) is 0.0187. The Labute approximate surface area is 435 Å². The molecule has 0 bridgehead atoms. The van der Waals surface area contributed by atoms with Crippen LogP contribution in [0.5, 0.6) is 0 Å². The summed E-state index contributed by atoms with van der Waals surface area (Å²) in [6, 6.07) is 0. The number of thiol groups is 10. The van der Waals surface area contributed by atoms with E-state index in [1.165, 1.54) is 11.5 Å². The normalized spacial score (nSPS) is 10.3. The smallest absolute Gasteiger partial charge is 0.315 e. The molecule has 0 aliphatic carbocycles. The highest BCUT2D eigenvalue weighted by Gasteiger charge is 2.34. The van der Waals surface area contributed by atoms with Gasteiger partial charge in [0, 0.05) is 45.5 Å². The van der Waals surface area contributed by atoms with Crippen molar-refractivity contribution in [1.29, 1.82) is 0 Å². The first-order valence-electron chi connectivity index (χ1n) is 18.6. The fraction of sp³-hybridized carbons (Fsp3) is 0.800. The summed E-state index contributed by atoms with van der Waals surface area (Å²) in [6.07, 6.45) is 1.02. The van der Waals surface area contributed by atoms with Crippen LogP contribution in [0.2, 0.25) is 0 Å². The summed E-state index contributed by atoms with van der Waals surface area (Å²) in [5.74, 6) is 6.70. The molecule has 27 heteroatoms. The lowest BCUT2D eigenvalue weighted by atomic mass is 9.88. The number of hydrogen-bond donors (Lipinski definition) is 10. The maximum Gasteiger partial charge on any atom is 0.315 e. The maximum absolute atomic E-state index is 11.2. The van der Waals surface area contributed by atoms with Gasteiger partial charge in [0.15, 0.2) is 0 Å². The first kappa shape index (κ1) is 69.4. The summed E-state index contributed by atoms with van der Waals surface area (Å²) >= 11 is 45.3. The Morgan fingerprint density at radius 2 is 0.710 bits per heavy atom. The molecule has 0 heterocycles. The molecule has 0 radical (unpaired) electrons. The van der Waals surface area contributed by atoms with E-state index in [0.717, 1.165) is 39.8 Å². The van der Waals surface area contributed by atoms with Crippen LogP contribution in [0.15, 0.2) is 0 Å². The first-order chi connectivity index (χ1) is 29.7. The summed E-state index contributed by atoms with van der Waals surface area (Å²) < 4.78 is 33.7. The summed E-state index contributed by atoms with van der Waals surface area (Å²) in [5.41, 5.74) is -0.796. The van der Waals surface area contributed by atoms with Gasteiger partial charge in [-0.05, 0) is 23.7 Å². The predicted octanol–water partition coefficient (Wildman–Crippen LogP) is 4.79. The van der Waals surface area contributed by atoms with E-state index in [9.17, 15) is 33.6 Å². The number of hydrogen-bond acceptors (Lipinski definition) is 27. The van der Waals surface area contributed by atoms with Gasteiger partial charge >= 0.3 is 41.8 Å². The molecule has 0 atom stereocenters. The fourth-order valence-corrected chi connectivity index (χ4v) is 8.43. The zero-order valence-electron chi connectivity index (χ0n) is 34.7. The van der Waals surface area contributed by atoms with E-state index in [-0.39, 0.29) is 99.8 Å². The van der Waals surface area contributed by atoms with Crippen molar-refractivity contribution < 1.29 is 66.7 Å². The van der Waals surface area contributed by atoms with Crippen LogP contribution >= 0.6 is 162 Å². The van der Waals surface area contributed by atoms with E-state index in [1.807, 2.05) is 30.4 Å². The van der Waals surface area contributed by atoms with Crippen molar-refractivity contribution in [3.63, 3.8) is 0 Å². The molecule has 0 fully saturated rings. The van der Waals surface area contributed by atoms with E-state index in [4.69, 9.17) is 23.7 Å². The molecule has 0 aromatic heterocycles. The van der Waals surface area contributed by atoms with Gasteiger partial charge in [-0.25, -0.2) is 0 Å². The highest BCUT2D eigenvalue weighted by molar-refractivity contribution is 8.05. The monoisotopic (exact) mass is 1120 g/mol. The minimum atomic E-state index is -0.796. The summed E-state index contributed by atoms with van der Waals surface area (Å²) in [6.45, 7) is 2.04. The lowest BCUT2D eigenvalue weighted by molar-refractivity contribution is -0.159. The van der Waals surface area contributed by atoms with Crippen LogP contribution in [0.25, 0.3) is 0 Å². The predicted molar refractivity (Wildman–Crippen MR) is 288 cm³/mol. The van der Waals surface area contributed by atoms with Crippen molar-refractivity contribution >= 4 is 203 Å². The zero-order valence-corrected chi connectivity index (χ0v) is 46.1. The average Bonchev–Trinajstić information content (AvgIpc) is 3.28. The Kier molecular flexibility index (Phi) is 59.1. The van der Waals surface area contributed by atoms with E-state index in [2.05, 4.69) is 148 Å². The summed E-state index contributed by atoms with van der Waals surface area (Å²) in [4.78, 5) is 76.2. The Morgan fingerprint density at radius 3 is 0.968 bits per heavy atom. The highest BCUT2D eigenvalue weighted by atomic mass is 32.2. The van der Waals surface area contributed by atoms with E-state index >= 15 is 0 Å². The van der Waals surface area contributed by atoms with Crippen molar-refractivity contribution in [1.82, 2.24) is 0 Å². The molecule has 0 aromatic rings. The number of carbonyl (C=O) groups is 7. The van der Waals surface area contributed by atoms with Crippen LogP contribution in [0, 0.1) is 5.41 Å². The third-order valence-electron chi connectivity index (χ3n) is 6.39. The van der Waals surface area contributed by atoms with Gasteiger partial charge in [-0.15, -0.1) is 0 Å². The third-order valence-corrected chi connectivity index (χ3v) is 13.6. The van der Waals surface area contributed by atoms with Crippen LogP contribution in [-0.2, 0) is 66.7 Å². The van der Waals surface area contributed by atoms with Gasteiger partial charge in [0.25, 0.3) is 0 Å². The minimum absolute atomic E-state index is 0.0283. The molecule has 0 unspecified atom stereocenters. The van der Waals surface area contributed by atoms with Gasteiger partial charge in [0.05, 0.1) is 47.0 Å². The molecule has 14 nitrogen and oxygen atoms in total. The molecule has 62 heavy (non-hydrogen) atoms. The molecule has 0 aliphatic heterocycles. The molecule has 0 aromatic carbocycles. The second-order valence-corrected chi connectivity index (χ2v) is 18.8. The lowest BCUT2D eigenvalue weighted by Crippen LogP contribution is -2.39. The maximum atomic E-state index is 11.2. The zero-order chi connectivity index (χ0) is 47.9. The lowest BCUT2D eigenvalue weighted by Gasteiger charge is -2.30. The Balaban J connectivity index is -0.000000370. The molecule has 0 saturated heterocycles. The molecule has 0 aliphatic rings. The Hall–Kier alpha value is 0.840. The fourth-order valence-electron chi connectivity index (χ4n) is 3.23. The van der Waals surface area contributed by atoms with Crippen LogP contribution in [-0.4, -0.2) is 180 Å². The largest absolute Gasteiger partial charge is 0.464 e.